The van der Waals surface area contributed by atoms with E-state index in [-0.39, 0.29) is 12.0 Å². The number of thiazole rings is 1. The van der Waals surface area contributed by atoms with Gasteiger partial charge in [-0.1, -0.05) is 0 Å². The third kappa shape index (κ3) is 4.20. The van der Waals surface area contributed by atoms with Gasteiger partial charge in [0.05, 0.1) is 18.3 Å². The number of aliphatic imine (C=N–C) groups is 1. The van der Waals surface area contributed by atoms with Crippen LogP contribution >= 0.6 is 11.3 Å². The maximum Gasteiger partial charge on any atom is 0.350 e. The van der Waals surface area contributed by atoms with E-state index in [4.69, 9.17) is 10.5 Å². The monoisotopic (exact) mass is 284 g/mol. The Hall–Kier alpha value is -1.63. The molecule has 1 heterocycles. The molecule has 0 spiro atoms. The lowest BCUT2D eigenvalue weighted by molar-refractivity contribution is 0.0531. The van der Waals surface area contributed by atoms with E-state index in [2.05, 4.69) is 15.3 Å². The first-order valence-corrected chi connectivity index (χ1v) is 7.02. The van der Waals surface area contributed by atoms with Crippen molar-refractivity contribution in [2.45, 2.75) is 33.7 Å². The van der Waals surface area contributed by atoms with Gasteiger partial charge in [-0.15, -0.1) is 11.3 Å². The number of esters is 1. The molecule has 0 saturated carbocycles. The zero-order chi connectivity index (χ0) is 14.4. The Balaban J connectivity index is 2.82. The highest BCUT2D eigenvalue weighted by Gasteiger charge is 2.19. The number of nitrogens with two attached hydrogens (primary N) is 1. The van der Waals surface area contributed by atoms with Gasteiger partial charge < -0.3 is 15.8 Å². The number of carbonyl (C=O) groups excluding carboxylic acids is 1. The third-order valence-corrected chi connectivity index (χ3v) is 3.66. The van der Waals surface area contributed by atoms with Gasteiger partial charge in [0.1, 0.15) is 9.88 Å². The normalized spacial score (nSPS) is 13.2. The molecule has 0 saturated heterocycles. The number of hydrogen-bond donors (Lipinski definition) is 2. The van der Waals surface area contributed by atoms with E-state index in [0.717, 1.165) is 5.01 Å². The highest BCUT2D eigenvalue weighted by Crippen LogP contribution is 2.24. The van der Waals surface area contributed by atoms with Gasteiger partial charge in [-0.3, -0.25) is 4.99 Å². The first kappa shape index (κ1) is 15.4. The molecule has 0 aliphatic carbocycles. The minimum absolute atomic E-state index is 0.0952. The molecule has 1 aromatic rings. The van der Waals surface area contributed by atoms with E-state index in [1.54, 1.807) is 13.8 Å². The van der Waals surface area contributed by atoms with Crippen LogP contribution in [0.5, 0.6) is 0 Å². The van der Waals surface area contributed by atoms with E-state index in [9.17, 15) is 4.79 Å². The lowest BCUT2D eigenvalue weighted by atomic mass is 10.3. The lowest BCUT2D eigenvalue weighted by Crippen LogP contribution is -2.33. The molecule has 1 atom stereocenters. The smallest absolute Gasteiger partial charge is 0.350 e. The molecule has 6 nitrogen and oxygen atoms in total. The highest BCUT2D eigenvalue weighted by molar-refractivity contribution is 7.13. The van der Waals surface area contributed by atoms with Crippen molar-refractivity contribution in [2.75, 3.05) is 13.2 Å². The number of rotatable bonds is 5. The summed E-state index contributed by atoms with van der Waals surface area (Å²) >= 11 is 1.32. The van der Waals surface area contributed by atoms with Crippen LogP contribution in [0.1, 0.15) is 47.2 Å². The molecule has 1 unspecified atom stereocenters. The van der Waals surface area contributed by atoms with Crippen LogP contribution in [0.25, 0.3) is 0 Å². The second kappa shape index (κ2) is 7.08. The van der Waals surface area contributed by atoms with Crippen LogP contribution < -0.4 is 11.1 Å². The van der Waals surface area contributed by atoms with Crippen LogP contribution in [0, 0.1) is 6.92 Å². The first-order valence-electron chi connectivity index (χ1n) is 6.20. The van der Waals surface area contributed by atoms with Crippen molar-refractivity contribution in [1.29, 1.82) is 0 Å². The number of ether oxygens (including phenoxy) is 1. The Morgan fingerprint density at radius 1 is 1.58 bits per heavy atom. The van der Waals surface area contributed by atoms with Crippen LogP contribution in [0.4, 0.5) is 0 Å². The van der Waals surface area contributed by atoms with Crippen molar-refractivity contribution in [3.05, 3.63) is 15.6 Å². The number of guanidine groups is 1. The predicted octanol–water partition coefficient (Wildman–Crippen LogP) is 1.61. The highest BCUT2D eigenvalue weighted by atomic mass is 32.1. The Morgan fingerprint density at radius 3 is 2.84 bits per heavy atom. The van der Waals surface area contributed by atoms with Crippen LogP contribution in [0.3, 0.4) is 0 Å². The summed E-state index contributed by atoms with van der Waals surface area (Å²) in [4.78, 5) is 20.7. The molecule has 0 aliphatic heterocycles. The Bertz CT molecular complexity index is 470. The lowest BCUT2D eigenvalue weighted by Gasteiger charge is -2.11. The molecule has 19 heavy (non-hydrogen) atoms. The minimum Gasteiger partial charge on any atom is -0.462 e. The summed E-state index contributed by atoms with van der Waals surface area (Å²) in [6, 6.07) is -0.0952. The molecule has 0 bridgehead atoms. The third-order valence-electron chi connectivity index (χ3n) is 2.34. The van der Waals surface area contributed by atoms with E-state index in [1.165, 1.54) is 11.3 Å². The number of carbonyl (C=O) groups is 1. The fraction of sp³-hybridized carbons (Fsp3) is 0.583. The van der Waals surface area contributed by atoms with Gasteiger partial charge in [0.2, 0.25) is 0 Å². The number of aryl methyl sites for hydroxylation is 1. The van der Waals surface area contributed by atoms with Crippen molar-refractivity contribution in [3.8, 4) is 0 Å². The molecule has 7 heteroatoms. The quantitative estimate of drug-likeness (QED) is 0.487. The summed E-state index contributed by atoms with van der Waals surface area (Å²) in [7, 11) is 0. The van der Waals surface area contributed by atoms with E-state index >= 15 is 0 Å². The van der Waals surface area contributed by atoms with Gasteiger partial charge in [-0.05, 0) is 27.7 Å². The number of aromatic nitrogens is 1. The summed E-state index contributed by atoms with van der Waals surface area (Å²) in [5, 5.41) is 3.82. The van der Waals surface area contributed by atoms with Crippen molar-refractivity contribution in [2.24, 2.45) is 10.7 Å². The zero-order valence-electron chi connectivity index (χ0n) is 11.7. The average Bonchev–Trinajstić information content (AvgIpc) is 2.72. The van der Waals surface area contributed by atoms with Crippen LogP contribution in [-0.2, 0) is 4.74 Å². The van der Waals surface area contributed by atoms with Crippen molar-refractivity contribution in [1.82, 2.24) is 10.3 Å². The van der Waals surface area contributed by atoms with Crippen LogP contribution in [0.15, 0.2) is 4.99 Å². The second-order valence-corrected chi connectivity index (χ2v) is 4.94. The van der Waals surface area contributed by atoms with Gasteiger partial charge >= 0.3 is 5.97 Å². The molecule has 0 fully saturated rings. The zero-order valence-corrected chi connectivity index (χ0v) is 12.5. The molecule has 1 aromatic heterocycles. The standard InChI is InChI=1S/C12H20N4O2S/c1-5-14-12(13)16-8(4)10-15-7(3)9(19-10)11(17)18-6-2/h8H,5-6H2,1-4H3,(H3,13,14,16). The molecule has 0 aromatic carbocycles. The summed E-state index contributed by atoms with van der Waals surface area (Å²) in [5.74, 6) is 0.0479. The maximum absolute atomic E-state index is 11.7. The van der Waals surface area contributed by atoms with E-state index < -0.39 is 0 Å². The fourth-order valence-corrected chi connectivity index (χ4v) is 2.45. The Kier molecular flexibility index (Phi) is 5.75. The predicted molar refractivity (Wildman–Crippen MR) is 76.5 cm³/mol. The second-order valence-electron chi connectivity index (χ2n) is 3.91. The molecule has 0 radical (unpaired) electrons. The molecular weight excluding hydrogens is 264 g/mol. The van der Waals surface area contributed by atoms with Gasteiger partial charge in [-0.25, -0.2) is 9.78 Å². The van der Waals surface area contributed by atoms with Crippen molar-refractivity contribution < 1.29 is 9.53 Å². The Labute approximate surface area is 117 Å². The first-order chi connectivity index (χ1) is 8.99. The molecule has 0 amide bonds. The fourth-order valence-electron chi connectivity index (χ4n) is 1.49. The largest absolute Gasteiger partial charge is 0.462 e. The van der Waals surface area contributed by atoms with Crippen LogP contribution in [-0.4, -0.2) is 30.1 Å². The SMILES string of the molecule is CCN=C(N)NC(C)c1nc(C)c(C(=O)OCC)s1. The molecular formula is C12H20N4O2S. The topological polar surface area (TPSA) is 89.6 Å². The summed E-state index contributed by atoms with van der Waals surface area (Å²) in [6.45, 7) is 8.38. The van der Waals surface area contributed by atoms with Crippen LogP contribution in [0.2, 0.25) is 0 Å². The number of nitrogens with one attached hydrogen (secondary N) is 1. The summed E-state index contributed by atoms with van der Waals surface area (Å²) < 4.78 is 4.98. The van der Waals surface area contributed by atoms with E-state index in [1.807, 2.05) is 13.8 Å². The Morgan fingerprint density at radius 2 is 2.26 bits per heavy atom. The maximum atomic E-state index is 11.7. The van der Waals surface area contributed by atoms with Crippen molar-refractivity contribution in [3.63, 3.8) is 0 Å². The number of hydrogen-bond acceptors (Lipinski definition) is 5. The number of nitrogens with zero attached hydrogens (tertiary/aromatic N) is 2. The summed E-state index contributed by atoms with van der Waals surface area (Å²) in [6.07, 6.45) is 0. The summed E-state index contributed by atoms with van der Waals surface area (Å²) in [5.41, 5.74) is 6.38. The minimum atomic E-state index is -0.328. The van der Waals surface area contributed by atoms with Gasteiger partial charge in [0.15, 0.2) is 5.96 Å². The van der Waals surface area contributed by atoms with Gasteiger partial charge in [-0.2, -0.15) is 0 Å². The average molecular weight is 284 g/mol. The molecule has 0 aliphatic rings. The molecule has 1 rings (SSSR count). The van der Waals surface area contributed by atoms with E-state index in [0.29, 0.717) is 29.7 Å². The van der Waals surface area contributed by atoms with Gasteiger partial charge in [0.25, 0.3) is 0 Å². The molecule has 3 N–H and O–H groups in total. The molecule has 106 valence electrons. The van der Waals surface area contributed by atoms with Crippen molar-refractivity contribution >= 4 is 23.3 Å². The van der Waals surface area contributed by atoms with Gasteiger partial charge in [0, 0.05) is 6.54 Å².